The summed E-state index contributed by atoms with van der Waals surface area (Å²) in [5.74, 6) is -0.392. The molecule has 0 saturated heterocycles. The molecule has 9 nitrogen and oxygen atoms in total. The number of phosphoric ester groups is 1. The van der Waals surface area contributed by atoms with E-state index < -0.39 is 39.2 Å². The number of aliphatic hydroxyl groups excluding tert-OH is 2. The first kappa shape index (κ1) is 54.4. The van der Waals surface area contributed by atoms with Crippen molar-refractivity contribution in [3.8, 4) is 0 Å². The first-order valence-corrected chi connectivity index (χ1v) is 24.1. The molecule has 0 aliphatic heterocycles. The third-order valence-corrected chi connectivity index (χ3v) is 10.5. The molecular weight excluding hydrogens is 727 g/mol. The summed E-state index contributed by atoms with van der Waals surface area (Å²) in [6, 6.07) is 0. The Bertz CT molecular complexity index is 1010. The van der Waals surface area contributed by atoms with Gasteiger partial charge in [-0.2, -0.15) is 0 Å². The number of ether oxygens (including phenoxy) is 2. The summed E-state index contributed by atoms with van der Waals surface area (Å²) in [6.07, 6.45) is 47.9. The fourth-order valence-electron chi connectivity index (χ4n) is 6.11. The molecule has 0 aromatic rings. The fraction of sp³-hybridized carbons (Fsp3) is 0.804. The number of carbonyl (C=O) groups is 1. The number of esters is 1. The number of carbonyl (C=O) groups excluding carboxylic acids is 1. The van der Waals surface area contributed by atoms with Crippen molar-refractivity contribution in [2.75, 3.05) is 33.0 Å². The molecule has 328 valence electrons. The molecule has 0 amide bonds. The van der Waals surface area contributed by atoms with E-state index in [1.54, 1.807) is 0 Å². The molecule has 3 N–H and O–H groups in total. The summed E-state index contributed by atoms with van der Waals surface area (Å²) in [4.78, 5) is 22.6. The molecule has 0 spiro atoms. The molecule has 0 fully saturated rings. The molecule has 0 radical (unpaired) electrons. The summed E-state index contributed by atoms with van der Waals surface area (Å²) in [6.45, 7) is 3.34. The molecule has 10 heteroatoms. The van der Waals surface area contributed by atoms with Crippen LogP contribution >= 0.6 is 7.82 Å². The van der Waals surface area contributed by atoms with E-state index in [0.29, 0.717) is 6.61 Å². The predicted molar refractivity (Wildman–Crippen MR) is 233 cm³/mol. The average molecular weight is 813 g/mol. The highest BCUT2D eigenvalue weighted by atomic mass is 31.2. The minimum Gasteiger partial charge on any atom is -0.457 e. The van der Waals surface area contributed by atoms with E-state index in [1.807, 2.05) is 0 Å². The molecule has 0 bridgehead atoms. The van der Waals surface area contributed by atoms with Gasteiger partial charge in [0.1, 0.15) is 12.2 Å². The highest BCUT2D eigenvalue weighted by Gasteiger charge is 2.26. The standard InChI is InChI=1S/C46H85O9P/c1-3-5-7-9-11-13-15-17-19-21-22-23-24-26-28-30-32-34-36-38-46(49)55-45(43-54-56(50,51)53-41-44(48)40-47)42-52-39-37-35-33-31-29-27-25-20-18-16-14-12-10-8-6-4-2/h6,8,12,14,18,20,27,29,44-45,47-48H,3-5,7,9-11,13,15-17,19,21-26,28,30-43H2,1-2H3,(H,50,51)/b8-6-,14-12-,20-18-,29-27-. The number of rotatable bonds is 43. The summed E-state index contributed by atoms with van der Waals surface area (Å²) < 4.78 is 33.4. The summed E-state index contributed by atoms with van der Waals surface area (Å²) in [7, 11) is -4.53. The Balaban J connectivity index is 4.17. The highest BCUT2D eigenvalue weighted by molar-refractivity contribution is 7.47. The van der Waals surface area contributed by atoms with E-state index in [9.17, 15) is 19.4 Å². The van der Waals surface area contributed by atoms with Crippen LogP contribution in [0.5, 0.6) is 0 Å². The second-order valence-electron chi connectivity index (χ2n) is 15.0. The topological polar surface area (TPSA) is 132 Å². The third-order valence-electron chi connectivity index (χ3n) is 9.53. The third kappa shape index (κ3) is 42.0. The normalized spacial score (nSPS) is 14.4. The lowest BCUT2D eigenvalue weighted by molar-refractivity contribution is -0.154. The monoisotopic (exact) mass is 813 g/mol. The molecule has 0 saturated carbocycles. The van der Waals surface area contributed by atoms with Crippen molar-refractivity contribution >= 4 is 13.8 Å². The Morgan fingerprint density at radius 3 is 1.52 bits per heavy atom. The smallest absolute Gasteiger partial charge is 0.457 e. The summed E-state index contributed by atoms with van der Waals surface area (Å²) >= 11 is 0. The maximum Gasteiger partial charge on any atom is 0.472 e. The van der Waals surface area contributed by atoms with E-state index in [4.69, 9.17) is 23.6 Å². The van der Waals surface area contributed by atoms with E-state index in [2.05, 4.69) is 62.5 Å². The summed E-state index contributed by atoms with van der Waals surface area (Å²) in [5, 5.41) is 18.4. The van der Waals surface area contributed by atoms with Crippen LogP contribution in [0.2, 0.25) is 0 Å². The quantitative estimate of drug-likeness (QED) is 0.0238. The Hall–Kier alpha value is -1.58. The summed E-state index contributed by atoms with van der Waals surface area (Å²) in [5.41, 5.74) is 0. The zero-order valence-corrected chi connectivity index (χ0v) is 36.7. The molecule has 56 heavy (non-hydrogen) atoms. The maximum atomic E-state index is 12.6. The van der Waals surface area contributed by atoms with Crippen LogP contribution < -0.4 is 0 Å². The Morgan fingerprint density at radius 2 is 1.02 bits per heavy atom. The van der Waals surface area contributed by atoms with Crippen molar-refractivity contribution < 1.29 is 43.0 Å². The number of hydrogen-bond acceptors (Lipinski definition) is 8. The molecule has 0 aliphatic rings. The van der Waals surface area contributed by atoms with E-state index >= 15 is 0 Å². The van der Waals surface area contributed by atoms with Gasteiger partial charge < -0.3 is 24.6 Å². The van der Waals surface area contributed by atoms with Gasteiger partial charge in [-0.05, 0) is 51.4 Å². The second-order valence-corrected chi connectivity index (χ2v) is 16.5. The van der Waals surface area contributed by atoms with Crippen molar-refractivity contribution in [3.63, 3.8) is 0 Å². The van der Waals surface area contributed by atoms with Gasteiger partial charge in [0.25, 0.3) is 0 Å². The predicted octanol–water partition coefficient (Wildman–Crippen LogP) is 12.6. The maximum absolute atomic E-state index is 12.6. The second kappa shape index (κ2) is 43.0. The van der Waals surface area contributed by atoms with Crippen molar-refractivity contribution in [1.82, 2.24) is 0 Å². The van der Waals surface area contributed by atoms with E-state index in [0.717, 1.165) is 70.6 Å². The van der Waals surface area contributed by atoms with Gasteiger partial charge in [-0.3, -0.25) is 13.8 Å². The number of aliphatic hydroxyl groups is 2. The van der Waals surface area contributed by atoms with Crippen molar-refractivity contribution in [3.05, 3.63) is 48.6 Å². The van der Waals surface area contributed by atoms with Gasteiger partial charge in [-0.25, -0.2) is 4.57 Å². The number of phosphoric acid groups is 1. The first-order valence-electron chi connectivity index (χ1n) is 22.6. The minimum absolute atomic E-state index is 0.0288. The van der Waals surface area contributed by atoms with Crippen molar-refractivity contribution in [1.29, 1.82) is 0 Å². The van der Waals surface area contributed by atoms with Gasteiger partial charge in [-0.15, -0.1) is 0 Å². The van der Waals surface area contributed by atoms with Crippen LogP contribution in [0, 0.1) is 0 Å². The van der Waals surface area contributed by atoms with Crippen LogP contribution in [0.15, 0.2) is 48.6 Å². The molecule has 0 aromatic carbocycles. The van der Waals surface area contributed by atoms with Gasteiger partial charge in [-0.1, -0.05) is 184 Å². The van der Waals surface area contributed by atoms with Crippen LogP contribution in [0.25, 0.3) is 0 Å². The van der Waals surface area contributed by atoms with Crippen LogP contribution in [0.3, 0.4) is 0 Å². The van der Waals surface area contributed by atoms with Crippen LogP contribution in [0.1, 0.15) is 194 Å². The average Bonchev–Trinajstić information content (AvgIpc) is 3.19. The molecule has 0 aliphatic carbocycles. The Labute approximate surface area is 343 Å². The van der Waals surface area contributed by atoms with Gasteiger partial charge in [0.2, 0.25) is 0 Å². The van der Waals surface area contributed by atoms with Gasteiger partial charge in [0, 0.05) is 13.0 Å². The zero-order valence-electron chi connectivity index (χ0n) is 35.8. The lowest BCUT2D eigenvalue weighted by Crippen LogP contribution is -2.29. The first-order chi connectivity index (χ1) is 27.3. The SMILES string of the molecule is CC/C=C\C/C=C\C/C=C\C/C=C\CCCCCOCC(COP(=O)(O)OCC(O)CO)OC(=O)CCCCCCCCCCCCCCCCCCCCC. The van der Waals surface area contributed by atoms with E-state index in [1.165, 1.54) is 103 Å². The van der Waals surface area contributed by atoms with E-state index in [-0.39, 0.29) is 19.6 Å². The van der Waals surface area contributed by atoms with Gasteiger partial charge in [0.15, 0.2) is 0 Å². The molecule has 3 unspecified atom stereocenters. The highest BCUT2D eigenvalue weighted by Crippen LogP contribution is 2.43. The van der Waals surface area contributed by atoms with Gasteiger partial charge >= 0.3 is 13.8 Å². The largest absolute Gasteiger partial charge is 0.472 e. The lowest BCUT2D eigenvalue weighted by Gasteiger charge is -2.20. The number of hydrogen-bond donors (Lipinski definition) is 3. The van der Waals surface area contributed by atoms with Crippen LogP contribution in [-0.4, -0.2) is 66.3 Å². The fourth-order valence-corrected chi connectivity index (χ4v) is 6.90. The lowest BCUT2D eigenvalue weighted by atomic mass is 10.0. The van der Waals surface area contributed by atoms with Crippen molar-refractivity contribution in [2.45, 2.75) is 206 Å². The number of unbranched alkanes of at least 4 members (excludes halogenated alkanes) is 21. The number of allylic oxidation sites excluding steroid dienone is 8. The van der Waals surface area contributed by atoms with Crippen LogP contribution in [0.4, 0.5) is 0 Å². The molecule has 0 heterocycles. The van der Waals surface area contributed by atoms with Gasteiger partial charge in [0.05, 0.1) is 26.4 Å². The molecule has 3 atom stereocenters. The zero-order chi connectivity index (χ0) is 41.1. The molecule has 0 rings (SSSR count). The molecule has 0 aromatic heterocycles. The molecular formula is C46H85O9P. The Morgan fingerprint density at radius 1 is 0.571 bits per heavy atom. The van der Waals surface area contributed by atoms with Crippen LogP contribution in [-0.2, 0) is 27.9 Å². The minimum atomic E-state index is -4.53. The van der Waals surface area contributed by atoms with Crippen molar-refractivity contribution in [2.24, 2.45) is 0 Å². The Kier molecular flexibility index (Phi) is 41.8.